The number of allylic oxidation sites excluding steroid dienone is 1. The number of hydrogen-bond donors (Lipinski definition) is 2. The van der Waals surface area contributed by atoms with Crippen molar-refractivity contribution < 1.29 is 4.39 Å². The predicted molar refractivity (Wildman–Crippen MR) is 85.0 cm³/mol. The van der Waals surface area contributed by atoms with Gasteiger partial charge in [-0.3, -0.25) is 0 Å². The topological polar surface area (TPSA) is 24.1 Å². The van der Waals surface area contributed by atoms with Crippen LogP contribution in [0.4, 0.5) is 4.39 Å². The van der Waals surface area contributed by atoms with E-state index in [1.165, 1.54) is 17.2 Å². The summed E-state index contributed by atoms with van der Waals surface area (Å²) in [5.41, 5.74) is 4.37. The van der Waals surface area contributed by atoms with Crippen LogP contribution in [0.3, 0.4) is 0 Å². The standard InChI is InChI=1S/C18H21FN2/c1-14(2)21-13-16-8-6-15(7-9-16)11-20-12-17-4-3-5-18(19)10-17/h3-10,20-21H,1,11-13H2,2H3. The van der Waals surface area contributed by atoms with Gasteiger partial charge < -0.3 is 10.6 Å². The van der Waals surface area contributed by atoms with Crippen LogP contribution < -0.4 is 10.6 Å². The van der Waals surface area contributed by atoms with E-state index in [-0.39, 0.29) is 5.82 Å². The third-order valence-electron chi connectivity index (χ3n) is 3.16. The van der Waals surface area contributed by atoms with E-state index in [9.17, 15) is 4.39 Å². The molecular weight excluding hydrogens is 263 g/mol. The van der Waals surface area contributed by atoms with Crippen molar-refractivity contribution in [3.8, 4) is 0 Å². The summed E-state index contributed by atoms with van der Waals surface area (Å²) in [6, 6.07) is 15.1. The molecule has 2 N–H and O–H groups in total. The molecule has 0 radical (unpaired) electrons. The number of halogens is 1. The minimum Gasteiger partial charge on any atom is -0.385 e. The number of nitrogens with one attached hydrogen (secondary N) is 2. The summed E-state index contributed by atoms with van der Waals surface area (Å²) in [7, 11) is 0. The molecule has 3 heteroatoms. The lowest BCUT2D eigenvalue weighted by Crippen LogP contribution is -2.13. The smallest absolute Gasteiger partial charge is 0.123 e. The van der Waals surface area contributed by atoms with Crippen LogP contribution in [0.25, 0.3) is 0 Å². The Labute approximate surface area is 125 Å². The van der Waals surface area contributed by atoms with Gasteiger partial charge >= 0.3 is 0 Å². The van der Waals surface area contributed by atoms with Gasteiger partial charge in [-0.15, -0.1) is 0 Å². The molecule has 0 fully saturated rings. The zero-order chi connectivity index (χ0) is 15.1. The van der Waals surface area contributed by atoms with E-state index in [1.807, 2.05) is 13.0 Å². The fourth-order valence-corrected chi connectivity index (χ4v) is 2.03. The van der Waals surface area contributed by atoms with Gasteiger partial charge in [0.15, 0.2) is 0 Å². The maximum absolute atomic E-state index is 13.1. The van der Waals surface area contributed by atoms with Gasteiger partial charge in [-0.2, -0.15) is 0 Å². The highest BCUT2D eigenvalue weighted by molar-refractivity contribution is 5.23. The van der Waals surface area contributed by atoms with E-state index >= 15 is 0 Å². The van der Waals surface area contributed by atoms with Crippen LogP contribution in [-0.2, 0) is 19.6 Å². The average molecular weight is 284 g/mol. The predicted octanol–water partition coefficient (Wildman–Crippen LogP) is 3.74. The highest BCUT2D eigenvalue weighted by atomic mass is 19.1. The van der Waals surface area contributed by atoms with Gasteiger partial charge in [0, 0.05) is 25.3 Å². The largest absolute Gasteiger partial charge is 0.385 e. The van der Waals surface area contributed by atoms with Crippen LogP contribution >= 0.6 is 0 Å². The first-order valence-electron chi connectivity index (χ1n) is 7.06. The molecular formula is C18H21FN2. The van der Waals surface area contributed by atoms with Crippen LogP contribution in [0.15, 0.2) is 60.8 Å². The molecule has 0 saturated heterocycles. The van der Waals surface area contributed by atoms with Crippen LogP contribution in [0.5, 0.6) is 0 Å². The van der Waals surface area contributed by atoms with Crippen molar-refractivity contribution in [2.45, 2.75) is 26.6 Å². The van der Waals surface area contributed by atoms with Gasteiger partial charge in [0.05, 0.1) is 0 Å². The average Bonchev–Trinajstić information content (AvgIpc) is 2.46. The Kier molecular flexibility index (Phi) is 5.52. The third-order valence-corrected chi connectivity index (χ3v) is 3.16. The van der Waals surface area contributed by atoms with Crippen LogP contribution in [0.2, 0.25) is 0 Å². The Bertz CT molecular complexity index is 590. The van der Waals surface area contributed by atoms with E-state index in [1.54, 1.807) is 12.1 Å². The summed E-state index contributed by atoms with van der Waals surface area (Å²) in [4.78, 5) is 0. The number of hydrogen-bond acceptors (Lipinski definition) is 2. The van der Waals surface area contributed by atoms with Gasteiger partial charge in [0.25, 0.3) is 0 Å². The van der Waals surface area contributed by atoms with Gasteiger partial charge in [0.2, 0.25) is 0 Å². The van der Waals surface area contributed by atoms with Crippen LogP contribution in [-0.4, -0.2) is 0 Å². The zero-order valence-corrected chi connectivity index (χ0v) is 12.3. The third kappa shape index (κ3) is 5.40. The monoisotopic (exact) mass is 284 g/mol. The lowest BCUT2D eigenvalue weighted by Gasteiger charge is -2.08. The van der Waals surface area contributed by atoms with E-state index in [2.05, 4.69) is 41.5 Å². The molecule has 0 aliphatic heterocycles. The van der Waals surface area contributed by atoms with Gasteiger partial charge in [-0.25, -0.2) is 4.39 Å². The Morgan fingerprint density at radius 2 is 1.57 bits per heavy atom. The lowest BCUT2D eigenvalue weighted by molar-refractivity contribution is 0.620. The van der Waals surface area contributed by atoms with Crippen LogP contribution in [0.1, 0.15) is 23.6 Å². The fraction of sp³-hybridized carbons (Fsp3) is 0.222. The molecule has 0 aliphatic rings. The van der Waals surface area contributed by atoms with Crippen molar-refractivity contribution in [2.75, 3.05) is 0 Å². The molecule has 0 atom stereocenters. The molecule has 0 bridgehead atoms. The first kappa shape index (κ1) is 15.3. The zero-order valence-electron chi connectivity index (χ0n) is 12.3. The summed E-state index contributed by atoms with van der Waals surface area (Å²) in [6.07, 6.45) is 0. The Balaban J connectivity index is 1.79. The van der Waals surface area contributed by atoms with E-state index < -0.39 is 0 Å². The Hall–Kier alpha value is -2.13. The Morgan fingerprint density at radius 1 is 0.952 bits per heavy atom. The maximum atomic E-state index is 13.1. The summed E-state index contributed by atoms with van der Waals surface area (Å²) >= 11 is 0. The molecule has 0 heterocycles. The molecule has 0 spiro atoms. The minimum absolute atomic E-state index is 0.191. The first-order valence-corrected chi connectivity index (χ1v) is 7.06. The molecule has 110 valence electrons. The molecule has 2 rings (SSSR count). The lowest BCUT2D eigenvalue weighted by atomic mass is 10.1. The molecule has 2 aromatic rings. The number of benzene rings is 2. The van der Waals surface area contributed by atoms with Gasteiger partial charge in [0.1, 0.15) is 5.82 Å². The van der Waals surface area contributed by atoms with E-state index in [0.29, 0.717) is 6.54 Å². The molecule has 2 nitrogen and oxygen atoms in total. The summed E-state index contributed by atoms with van der Waals surface area (Å²) in [5.74, 6) is -0.191. The van der Waals surface area contributed by atoms with Crippen molar-refractivity contribution in [1.29, 1.82) is 0 Å². The van der Waals surface area contributed by atoms with Crippen molar-refractivity contribution in [3.05, 3.63) is 83.3 Å². The van der Waals surface area contributed by atoms with E-state index in [4.69, 9.17) is 0 Å². The summed E-state index contributed by atoms with van der Waals surface area (Å²) in [5, 5.41) is 6.52. The van der Waals surface area contributed by atoms with Crippen molar-refractivity contribution >= 4 is 0 Å². The molecule has 21 heavy (non-hydrogen) atoms. The second kappa shape index (κ2) is 7.60. The molecule has 0 amide bonds. The van der Waals surface area contributed by atoms with Crippen LogP contribution in [0, 0.1) is 5.82 Å². The van der Waals surface area contributed by atoms with Crippen molar-refractivity contribution in [2.24, 2.45) is 0 Å². The summed E-state index contributed by atoms with van der Waals surface area (Å²) < 4.78 is 13.1. The molecule has 0 saturated carbocycles. The van der Waals surface area contributed by atoms with Crippen molar-refractivity contribution in [1.82, 2.24) is 10.6 Å². The first-order chi connectivity index (χ1) is 10.1. The van der Waals surface area contributed by atoms with Crippen molar-refractivity contribution in [3.63, 3.8) is 0 Å². The SMILES string of the molecule is C=C(C)NCc1ccc(CNCc2cccc(F)c2)cc1. The Morgan fingerprint density at radius 3 is 2.19 bits per heavy atom. The molecule has 2 aromatic carbocycles. The second-order valence-electron chi connectivity index (χ2n) is 5.18. The molecule has 0 aliphatic carbocycles. The fourth-order valence-electron chi connectivity index (χ4n) is 2.03. The van der Waals surface area contributed by atoms with Gasteiger partial charge in [-0.05, 0) is 35.7 Å². The highest BCUT2D eigenvalue weighted by Crippen LogP contribution is 2.06. The normalized spacial score (nSPS) is 10.4. The van der Waals surface area contributed by atoms with E-state index in [0.717, 1.165) is 24.4 Å². The highest BCUT2D eigenvalue weighted by Gasteiger charge is 1.97. The minimum atomic E-state index is -0.191. The molecule has 0 aromatic heterocycles. The maximum Gasteiger partial charge on any atom is 0.123 e. The quantitative estimate of drug-likeness (QED) is 0.809. The summed E-state index contributed by atoms with van der Waals surface area (Å²) in [6.45, 7) is 7.99. The van der Waals surface area contributed by atoms with Gasteiger partial charge in [-0.1, -0.05) is 43.0 Å². The second-order valence-corrected chi connectivity index (χ2v) is 5.18. The number of rotatable bonds is 7. The molecule has 0 unspecified atom stereocenters.